The molecule has 1 amide bonds. The van der Waals surface area contributed by atoms with Gasteiger partial charge in [0, 0.05) is 12.0 Å². The van der Waals surface area contributed by atoms with Crippen LogP contribution in [0.4, 0.5) is 0 Å². The third-order valence-corrected chi connectivity index (χ3v) is 5.16. The maximum Gasteiger partial charge on any atom is 0.258 e. The highest BCUT2D eigenvalue weighted by Gasteiger charge is 2.35. The summed E-state index contributed by atoms with van der Waals surface area (Å²) in [6.07, 6.45) is 0.667. The van der Waals surface area contributed by atoms with Gasteiger partial charge in [-0.05, 0) is 62.1 Å². The van der Waals surface area contributed by atoms with Crippen LogP contribution in [-0.4, -0.2) is 25.2 Å². The average molecular weight is 398 g/mol. The van der Waals surface area contributed by atoms with Crippen molar-refractivity contribution in [3.63, 3.8) is 0 Å². The van der Waals surface area contributed by atoms with Crippen molar-refractivity contribution in [3.8, 4) is 17.2 Å². The van der Waals surface area contributed by atoms with Crippen molar-refractivity contribution >= 4 is 5.91 Å². The number of fused-ring (bicyclic) bond motifs is 1. The van der Waals surface area contributed by atoms with Crippen molar-refractivity contribution in [1.82, 2.24) is 5.32 Å². The zero-order valence-corrected chi connectivity index (χ0v) is 18.2. The molecule has 0 unspecified atom stereocenters. The third-order valence-electron chi connectivity index (χ3n) is 5.16. The highest BCUT2D eigenvalue weighted by molar-refractivity contribution is 5.78. The zero-order chi connectivity index (χ0) is 21.2. The van der Waals surface area contributed by atoms with Gasteiger partial charge >= 0.3 is 0 Å². The van der Waals surface area contributed by atoms with Gasteiger partial charge in [0.2, 0.25) is 0 Å². The second kappa shape index (κ2) is 8.36. The summed E-state index contributed by atoms with van der Waals surface area (Å²) >= 11 is 0. The van der Waals surface area contributed by atoms with Gasteiger partial charge < -0.3 is 19.5 Å². The quantitative estimate of drug-likeness (QED) is 0.751. The van der Waals surface area contributed by atoms with E-state index in [0.717, 1.165) is 33.9 Å². The maximum absolute atomic E-state index is 12.7. The van der Waals surface area contributed by atoms with Crippen molar-refractivity contribution < 1.29 is 19.0 Å². The van der Waals surface area contributed by atoms with E-state index in [4.69, 9.17) is 14.2 Å². The van der Waals surface area contributed by atoms with E-state index in [1.54, 1.807) is 7.11 Å². The summed E-state index contributed by atoms with van der Waals surface area (Å²) in [5.41, 5.74) is 2.76. The molecule has 0 saturated heterocycles. The molecule has 0 bridgehead atoms. The Morgan fingerprint density at radius 2 is 2.00 bits per heavy atom. The Morgan fingerprint density at radius 1 is 1.24 bits per heavy atom. The van der Waals surface area contributed by atoms with Gasteiger partial charge in [-0.15, -0.1) is 0 Å². The van der Waals surface area contributed by atoms with Gasteiger partial charge in [0.15, 0.2) is 6.61 Å². The number of hydrogen-bond donors (Lipinski definition) is 1. The lowest BCUT2D eigenvalue weighted by molar-refractivity contribution is -0.124. The van der Waals surface area contributed by atoms with Crippen LogP contribution in [-0.2, 0) is 4.79 Å². The van der Waals surface area contributed by atoms with Crippen LogP contribution in [0.25, 0.3) is 0 Å². The Hall–Kier alpha value is -2.69. The first-order chi connectivity index (χ1) is 13.7. The van der Waals surface area contributed by atoms with Crippen LogP contribution >= 0.6 is 0 Å². The molecule has 1 N–H and O–H groups in total. The van der Waals surface area contributed by atoms with Crippen LogP contribution in [0, 0.1) is 6.92 Å². The molecule has 5 heteroatoms. The monoisotopic (exact) mass is 397 g/mol. The molecule has 0 aromatic heterocycles. The Kier molecular flexibility index (Phi) is 6.06. The molecule has 0 aliphatic carbocycles. The lowest BCUT2D eigenvalue weighted by Crippen LogP contribution is -2.42. The third kappa shape index (κ3) is 5.03. The lowest BCUT2D eigenvalue weighted by Gasteiger charge is -2.38. The summed E-state index contributed by atoms with van der Waals surface area (Å²) in [7, 11) is 1.63. The molecule has 0 saturated carbocycles. The molecule has 1 aliphatic rings. The first-order valence-electron chi connectivity index (χ1n) is 10.1. The van der Waals surface area contributed by atoms with Crippen LogP contribution in [0.2, 0.25) is 0 Å². The van der Waals surface area contributed by atoms with Crippen LogP contribution in [0.15, 0.2) is 36.4 Å². The minimum Gasteiger partial charge on any atom is -0.497 e. The van der Waals surface area contributed by atoms with Gasteiger partial charge in [-0.25, -0.2) is 0 Å². The van der Waals surface area contributed by atoms with E-state index in [1.807, 2.05) is 45.0 Å². The van der Waals surface area contributed by atoms with Crippen molar-refractivity contribution in [2.24, 2.45) is 0 Å². The minimum absolute atomic E-state index is 0.0275. The fourth-order valence-electron chi connectivity index (χ4n) is 3.71. The molecule has 156 valence electrons. The van der Waals surface area contributed by atoms with E-state index in [-0.39, 0.29) is 24.2 Å². The Balaban J connectivity index is 1.74. The lowest BCUT2D eigenvalue weighted by atomic mass is 9.89. The molecule has 0 fully saturated rings. The van der Waals surface area contributed by atoms with Gasteiger partial charge in [0.05, 0.1) is 13.2 Å². The summed E-state index contributed by atoms with van der Waals surface area (Å²) in [4.78, 5) is 12.7. The van der Waals surface area contributed by atoms with Crippen LogP contribution in [0.3, 0.4) is 0 Å². The van der Waals surface area contributed by atoms with Gasteiger partial charge in [-0.3, -0.25) is 4.79 Å². The number of benzene rings is 2. The topological polar surface area (TPSA) is 56.8 Å². The molecule has 29 heavy (non-hydrogen) atoms. The standard InChI is InChI=1S/C24H31NO4/c1-15(2)18-9-7-16(3)11-22(18)28-14-23(26)25-20-13-24(4,5)29-21-10-8-17(27-6)12-19(20)21/h7-12,15,20H,13-14H2,1-6H3,(H,25,26)/t20-/m1/s1. The number of methoxy groups -OCH3 is 1. The van der Waals surface area contributed by atoms with E-state index >= 15 is 0 Å². The second-order valence-electron chi connectivity index (χ2n) is 8.57. The fourth-order valence-corrected chi connectivity index (χ4v) is 3.71. The number of carbonyl (C=O) groups excluding carboxylic acids is 1. The first kappa shape index (κ1) is 21.0. The van der Waals surface area contributed by atoms with Gasteiger partial charge in [0.25, 0.3) is 5.91 Å². The predicted octanol–water partition coefficient (Wildman–Crippen LogP) is 4.92. The normalized spacial score (nSPS) is 17.3. The van der Waals surface area contributed by atoms with Crippen molar-refractivity contribution in [2.75, 3.05) is 13.7 Å². The predicted molar refractivity (Wildman–Crippen MR) is 114 cm³/mol. The van der Waals surface area contributed by atoms with Crippen LogP contribution < -0.4 is 19.5 Å². The molecule has 0 spiro atoms. The van der Waals surface area contributed by atoms with Gasteiger partial charge in [-0.1, -0.05) is 26.0 Å². The highest BCUT2D eigenvalue weighted by Crippen LogP contribution is 2.41. The number of nitrogens with one attached hydrogen (secondary N) is 1. The van der Waals surface area contributed by atoms with E-state index in [9.17, 15) is 4.79 Å². The Morgan fingerprint density at radius 3 is 2.69 bits per heavy atom. The van der Waals surface area contributed by atoms with Crippen LogP contribution in [0.5, 0.6) is 17.2 Å². The summed E-state index contributed by atoms with van der Waals surface area (Å²) in [5.74, 6) is 2.45. The van der Waals surface area contributed by atoms with E-state index in [0.29, 0.717) is 12.3 Å². The smallest absolute Gasteiger partial charge is 0.258 e. The number of rotatable bonds is 6. The van der Waals surface area contributed by atoms with E-state index in [2.05, 4.69) is 31.3 Å². The number of hydrogen-bond acceptors (Lipinski definition) is 4. The summed E-state index contributed by atoms with van der Waals surface area (Å²) in [6, 6.07) is 11.6. The van der Waals surface area contributed by atoms with E-state index in [1.165, 1.54) is 0 Å². The SMILES string of the molecule is COc1ccc2c(c1)[C@H](NC(=O)COc1cc(C)ccc1C(C)C)CC(C)(C)O2. The highest BCUT2D eigenvalue weighted by atomic mass is 16.5. The molecule has 5 nitrogen and oxygen atoms in total. The molecule has 0 radical (unpaired) electrons. The molecule has 3 rings (SSSR count). The summed E-state index contributed by atoms with van der Waals surface area (Å²) in [6.45, 7) is 10.3. The molecule has 1 aliphatic heterocycles. The molecular weight excluding hydrogens is 366 g/mol. The number of aryl methyl sites for hydroxylation is 1. The fraction of sp³-hybridized carbons (Fsp3) is 0.458. The molecular formula is C24H31NO4. The minimum atomic E-state index is -0.373. The summed E-state index contributed by atoms with van der Waals surface area (Å²) in [5, 5.41) is 3.12. The molecule has 2 aromatic carbocycles. The average Bonchev–Trinajstić information content (AvgIpc) is 2.65. The maximum atomic E-state index is 12.7. The van der Waals surface area contributed by atoms with Gasteiger partial charge in [-0.2, -0.15) is 0 Å². The molecule has 1 atom stereocenters. The molecule has 2 aromatic rings. The molecule has 1 heterocycles. The first-order valence-corrected chi connectivity index (χ1v) is 10.1. The van der Waals surface area contributed by atoms with Crippen molar-refractivity contribution in [3.05, 3.63) is 53.1 Å². The van der Waals surface area contributed by atoms with Crippen molar-refractivity contribution in [2.45, 2.75) is 58.6 Å². The zero-order valence-electron chi connectivity index (χ0n) is 18.2. The number of amides is 1. The Bertz CT molecular complexity index is 888. The number of ether oxygens (including phenoxy) is 3. The van der Waals surface area contributed by atoms with Crippen molar-refractivity contribution in [1.29, 1.82) is 0 Å². The largest absolute Gasteiger partial charge is 0.497 e. The van der Waals surface area contributed by atoms with E-state index < -0.39 is 0 Å². The second-order valence-corrected chi connectivity index (χ2v) is 8.57. The van der Waals surface area contributed by atoms with Gasteiger partial charge in [0.1, 0.15) is 22.8 Å². The summed E-state index contributed by atoms with van der Waals surface area (Å²) < 4.78 is 17.3. The number of carbonyl (C=O) groups is 1. The Labute approximate surface area is 173 Å². The van der Waals surface area contributed by atoms with Crippen LogP contribution in [0.1, 0.15) is 62.8 Å².